The SMILES string of the molecule is CCCNC(=O)N1CCC[C@H]1c1nc(-c2ccccc2C)no1. The van der Waals surface area contributed by atoms with E-state index in [-0.39, 0.29) is 12.1 Å². The average molecular weight is 314 g/mol. The molecule has 0 bridgehead atoms. The van der Waals surface area contributed by atoms with Gasteiger partial charge in [0.1, 0.15) is 6.04 Å². The first-order chi connectivity index (χ1) is 11.2. The van der Waals surface area contributed by atoms with Gasteiger partial charge < -0.3 is 14.7 Å². The summed E-state index contributed by atoms with van der Waals surface area (Å²) in [7, 11) is 0. The second-order valence-corrected chi connectivity index (χ2v) is 5.85. The molecule has 122 valence electrons. The van der Waals surface area contributed by atoms with E-state index in [0.717, 1.165) is 36.9 Å². The first kappa shape index (κ1) is 15.5. The van der Waals surface area contributed by atoms with Crippen molar-refractivity contribution in [3.63, 3.8) is 0 Å². The Morgan fingerprint density at radius 2 is 2.26 bits per heavy atom. The van der Waals surface area contributed by atoms with E-state index in [9.17, 15) is 4.79 Å². The lowest BCUT2D eigenvalue weighted by Crippen LogP contribution is -2.39. The minimum absolute atomic E-state index is 0.0509. The summed E-state index contributed by atoms with van der Waals surface area (Å²) in [5.74, 6) is 1.10. The smallest absolute Gasteiger partial charge is 0.318 e. The summed E-state index contributed by atoms with van der Waals surface area (Å²) < 4.78 is 5.46. The van der Waals surface area contributed by atoms with Crippen LogP contribution in [-0.2, 0) is 0 Å². The van der Waals surface area contributed by atoms with Crippen LogP contribution in [-0.4, -0.2) is 34.2 Å². The summed E-state index contributed by atoms with van der Waals surface area (Å²) in [5.41, 5.74) is 2.06. The highest BCUT2D eigenvalue weighted by atomic mass is 16.5. The lowest BCUT2D eigenvalue weighted by molar-refractivity contribution is 0.180. The van der Waals surface area contributed by atoms with Crippen molar-refractivity contribution in [2.24, 2.45) is 0 Å². The van der Waals surface area contributed by atoms with Crippen LogP contribution in [0.25, 0.3) is 11.4 Å². The third-order valence-electron chi connectivity index (χ3n) is 4.15. The van der Waals surface area contributed by atoms with E-state index in [0.29, 0.717) is 18.3 Å². The number of aryl methyl sites for hydroxylation is 1. The van der Waals surface area contributed by atoms with Gasteiger partial charge in [-0.05, 0) is 31.7 Å². The monoisotopic (exact) mass is 314 g/mol. The fourth-order valence-electron chi connectivity index (χ4n) is 2.90. The molecular formula is C17H22N4O2. The normalized spacial score (nSPS) is 17.5. The number of nitrogens with one attached hydrogen (secondary N) is 1. The Labute approximate surface area is 135 Å². The minimum Gasteiger partial charge on any atom is -0.338 e. The molecule has 1 saturated heterocycles. The van der Waals surface area contributed by atoms with Gasteiger partial charge in [-0.25, -0.2) is 4.79 Å². The maximum atomic E-state index is 12.2. The number of benzene rings is 1. The quantitative estimate of drug-likeness (QED) is 0.940. The van der Waals surface area contributed by atoms with Gasteiger partial charge in [-0.2, -0.15) is 4.98 Å². The summed E-state index contributed by atoms with van der Waals surface area (Å²) in [4.78, 5) is 18.6. The Kier molecular flexibility index (Phi) is 4.60. The zero-order chi connectivity index (χ0) is 16.2. The van der Waals surface area contributed by atoms with Crippen molar-refractivity contribution in [1.29, 1.82) is 0 Å². The number of urea groups is 1. The summed E-state index contributed by atoms with van der Waals surface area (Å²) in [6.45, 7) is 5.46. The van der Waals surface area contributed by atoms with Gasteiger partial charge in [0.2, 0.25) is 11.7 Å². The molecule has 1 fully saturated rings. The number of amides is 2. The predicted octanol–water partition coefficient (Wildman–Crippen LogP) is 3.30. The molecule has 0 spiro atoms. The van der Waals surface area contributed by atoms with Gasteiger partial charge in [-0.15, -0.1) is 0 Å². The fraction of sp³-hybridized carbons (Fsp3) is 0.471. The van der Waals surface area contributed by atoms with Crippen LogP contribution in [0.2, 0.25) is 0 Å². The molecule has 0 aliphatic carbocycles. The van der Waals surface area contributed by atoms with Crippen LogP contribution < -0.4 is 5.32 Å². The van der Waals surface area contributed by atoms with E-state index in [4.69, 9.17) is 4.52 Å². The van der Waals surface area contributed by atoms with Crippen molar-refractivity contribution < 1.29 is 9.32 Å². The third kappa shape index (κ3) is 3.21. The van der Waals surface area contributed by atoms with Crippen molar-refractivity contribution in [1.82, 2.24) is 20.4 Å². The molecule has 6 heteroatoms. The highest BCUT2D eigenvalue weighted by Crippen LogP contribution is 2.32. The van der Waals surface area contributed by atoms with Crippen molar-refractivity contribution in [3.8, 4) is 11.4 Å². The van der Waals surface area contributed by atoms with Gasteiger partial charge >= 0.3 is 6.03 Å². The van der Waals surface area contributed by atoms with Gasteiger partial charge in [-0.1, -0.05) is 36.3 Å². The molecule has 1 aromatic carbocycles. The zero-order valence-electron chi connectivity index (χ0n) is 13.6. The van der Waals surface area contributed by atoms with Crippen molar-refractivity contribution in [3.05, 3.63) is 35.7 Å². The molecule has 3 rings (SSSR count). The van der Waals surface area contributed by atoms with Crippen LogP contribution in [0, 0.1) is 6.92 Å². The van der Waals surface area contributed by atoms with Crippen LogP contribution in [0.5, 0.6) is 0 Å². The summed E-state index contributed by atoms with van der Waals surface area (Å²) in [6, 6.07) is 7.76. The topological polar surface area (TPSA) is 71.3 Å². The Hall–Kier alpha value is -2.37. The molecule has 0 unspecified atom stereocenters. The Morgan fingerprint density at radius 1 is 1.43 bits per heavy atom. The second-order valence-electron chi connectivity index (χ2n) is 5.85. The van der Waals surface area contributed by atoms with Gasteiger partial charge in [0.25, 0.3) is 0 Å². The fourth-order valence-corrected chi connectivity index (χ4v) is 2.90. The number of carbonyl (C=O) groups is 1. The molecule has 2 aromatic rings. The van der Waals surface area contributed by atoms with E-state index in [1.165, 1.54) is 0 Å². The summed E-state index contributed by atoms with van der Waals surface area (Å²) >= 11 is 0. The number of rotatable bonds is 4. The van der Waals surface area contributed by atoms with Gasteiger partial charge in [0, 0.05) is 18.7 Å². The highest BCUT2D eigenvalue weighted by Gasteiger charge is 2.34. The summed E-state index contributed by atoms with van der Waals surface area (Å²) in [6.07, 6.45) is 2.73. The second kappa shape index (κ2) is 6.81. The van der Waals surface area contributed by atoms with Crippen LogP contribution in [0.1, 0.15) is 43.7 Å². The first-order valence-corrected chi connectivity index (χ1v) is 8.14. The molecule has 1 N–H and O–H groups in total. The largest absolute Gasteiger partial charge is 0.338 e. The first-order valence-electron chi connectivity index (χ1n) is 8.14. The molecular weight excluding hydrogens is 292 g/mol. The molecule has 23 heavy (non-hydrogen) atoms. The highest BCUT2D eigenvalue weighted by molar-refractivity contribution is 5.75. The van der Waals surface area contributed by atoms with E-state index in [1.54, 1.807) is 4.90 Å². The maximum absolute atomic E-state index is 12.2. The molecule has 6 nitrogen and oxygen atoms in total. The van der Waals surface area contributed by atoms with Gasteiger partial charge in [-0.3, -0.25) is 0 Å². The van der Waals surface area contributed by atoms with Crippen molar-refractivity contribution in [2.45, 2.75) is 39.2 Å². The van der Waals surface area contributed by atoms with E-state index in [2.05, 4.69) is 15.5 Å². The Bertz CT molecular complexity index is 683. The number of likely N-dealkylation sites (tertiary alicyclic amines) is 1. The number of carbonyl (C=O) groups excluding carboxylic acids is 1. The Morgan fingerprint density at radius 3 is 3.04 bits per heavy atom. The van der Waals surface area contributed by atoms with Crippen molar-refractivity contribution >= 4 is 6.03 Å². The van der Waals surface area contributed by atoms with Crippen LogP contribution in [0.3, 0.4) is 0 Å². The average Bonchev–Trinajstić information content (AvgIpc) is 3.21. The van der Waals surface area contributed by atoms with Crippen LogP contribution in [0.4, 0.5) is 4.79 Å². The van der Waals surface area contributed by atoms with E-state index >= 15 is 0 Å². The lowest BCUT2D eigenvalue weighted by atomic mass is 10.1. The molecule has 1 aromatic heterocycles. The number of nitrogens with zero attached hydrogens (tertiary/aromatic N) is 3. The summed E-state index contributed by atoms with van der Waals surface area (Å²) in [5, 5.41) is 7.02. The molecule has 1 aliphatic rings. The third-order valence-corrected chi connectivity index (χ3v) is 4.15. The number of hydrogen-bond donors (Lipinski definition) is 1. The molecule has 0 radical (unpaired) electrons. The molecule has 2 heterocycles. The standard InChI is InChI=1S/C17H22N4O2/c1-3-10-18-17(22)21-11-6-9-14(21)16-19-15(20-23-16)13-8-5-4-7-12(13)2/h4-5,7-8,14H,3,6,9-11H2,1-2H3,(H,18,22)/t14-/m0/s1. The molecule has 1 aliphatic heterocycles. The molecule has 2 amide bonds. The maximum Gasteiger partial charge on any atom is 0.318 e. The lowest BCUT2D eigenvalue weighted by Gasteiger charge is -2.22. The van der Waals surface area contributed by atoms with Gasteiger partial charge in [0.05, 0.1) is 0 Å². The molecule has 0 saturated carbocycles. The van der Waals surface area contributed by atoms with E-state index in [1.807, 2.05) is 38.1 Å². The van der Waals surface area contributed by atoms with Crippen LogP contribution >= 0.6 is 0 Å². The Balaban J connectivity index is 1.79. The minimum atomic E-state index is -0.128. The van der Waals surface area contributed by atoms with Crippen LogP contribution in [0.15, 0.2) is 28.8 Å². The zero-order valence-corrected chi connectivity index (χ0v) is 13.6. The van der Waals surface area contributed by atoms with Gasteiger partial charge in [0.15, 0.2) is 0 Å². The number of aromatic nitrogens is 2. The van der Waals surface area contributed by atoms with Crippen molar-refractivity contribution in [2.75, 3.05) is 13.1 Å². The number of hydrogen-bond acceptors (Lipinski definition) is 4. The predicted molar refractivity (Wildman–Crippen MR) is 86.8 cm³/mol. The van der Waals surface area contributed by atoms with E-state index < -0.39 is 0 Å². The molecule has 1 atom stereocenters.